The van der Waals surface area contributed by atoms with Crippen molar-refractivity contribution in [3.8, 4) is 0 Å². The van der Waals surface area contributed by atoms with E-state index >= 15 is 0 Å². The van der Waals surface area contributed by atoms with E-state index in [-0.39, 0.29) is 5.41 Å². The van der Waals surface area contributed by atoms with Crippen LogP contribution < -0.4 is 4.90 Å². The highest BCUT2D eigenvalue weighted by atomic mass is 127. The molecule has 0 saturated carbocycles. The van der Waals surface area contributed by atoms with Crippen molar-refractivity contribution >= 4 is 47.5 Å². The molecule has 1 aliphatic rings. The fraction of sp³-hybridized carbons (Fsp3) is 0.714. The Morgan fingerprint density at radius 2 is 2.03 bits per heavy atom. The van der Waals surface area contributed by atoms with Crippen LogP contribution in [-0.2, 0) is 21.6 Å². The molecule has 2 aromatic rings. The monoisotopic (exact) mass is 530 g/mol. The summed E-state index contributed by atoms with van der Waals surface area (Å²) in [7, 11) is -1.11. The Morgan fingerprint density at radius 1 is 1.31 bits per heavy atom. The van der Waals surface area contributed by atoms with Crippen molar-refractivity contribution in [1.29, 1.82) is 0 Å². The topological polar surface area (TPSA) is 52.4 Å². The zero-order chi connectivity index (χ0) is 21.4. The van der Waals surface area contributed by atoms with Crippen LogP contribution in [0.4, 0.5) is 5.82 Å². The van der Waals surface area contributed by atoms with Crippen LogP contribution in [0.1, 0.15) is 33.4 Å². The number of nitrogens with zero attached hydrogens (tertiary/aromatic N) is 4. The molecule has 3 heterocycles. The summed E-state index contributed by atoms with van der Waals surface area (Å²) < 4.78 is 14.8. The smallest absolute Gasteiger partial charge is 0.163 e. The normalized spacial score (nSPS) is 18.6. The number of hydrogen-bond donors (Lipinski definition) is 0. The van der Waals surface area contributed by atoms with Gasteiger partial charge < -0.3 is 14.4 Å². The lowest BCUT2D eigenvalue weighted by molar-refractivity contribution is 0.0806. The maximum atomic E-state index is 6.04. The lowest BCUT2D eigenvalue weighted by atomic mass is 9.90. The summed E-state index contributed by atoms with van der Waals surface area (Å²) in [4.78, 5) is 7.41. The molecule has 0 spiro atoms. The second-order valence-corrected chi connectivity index (χ2v) is 17.0. The Morgan fingerprint density at radius 3 is 2.66 bits per heavy atom. The Balaban J connectivity index is 1.97. The number of rotatable bonds is 6. The zero-order valence-corrected chi connectivity index (χ0v) is 22.0. The van der Waals surface area contributed by atoms with E-state index in [0.29, 0.717) is 12.8 Å². The van der Waals surface area contributed by atoms with E-state index in [9.17, 15) is 0 Å². The highest BCUT2D eigenvalue weighted by molar-refractivity contribution is 14.1. The summed E-state index contributed by atoms with van der Waals surface area (Å²) >= 11 is 2.43. The first-order valence-corrected chi connectivity index (χ1v) is 15.3. The summed E-state index contributed by atoms with van der Waals surface area (Å²) in [6.07, 6.45) is 0. The fourth-order valence-corrected chi connectivity index (χ4v) is 5.00. The average Bonchev–Trinajstić information content (AvgIpc) is 2.98. The number of anilines is 1. The van der Waals surface area contributed by atoms with Gasteiger partial charge in [0.2, 0.25) is 0 Å². The molecule has 8 heteroatoms. The summed E-state index contributed by atoms with van der Waals surface area (Å²) in [6.45, 7) is 19.5. The van der Waals surface area contributed by atoms with Crippen molar-refractivity contribution in [2.45, 2.75) is 71.6 Å². The Bertz CT molecular complexity index is 857. The second-order valence-electron chi connectivity index (χ2n) is 10.2. The van der Waals surface area contributed by atoms with Gasteiger partial charge in [0.15, 0.2) is 5.65 Å². The van der Waals surface area contributed by atoms with Gasteiger partial charge >= 0.3 is 0 Å². The SMILES string of the molecule is C[C@@H]1COCCN1c1cc(I)c2c(C(C)(C)C)nn(COCC[Si](C)(C)C)c2n1. The molecule has 3 rings (SSSR count). The third-order valence-corrected chi connectivity index (χ3v) is 7.78. The molecule has 0 amide bonds. The minimum atomic E-state index is -1.11. The molecule has 1 aliphatic heterocycles. The third-order valence-electron chi connectivity index (χ3n) is 5.22. The van der Waals surface area contributed by atoms with Crippen LogP contribution >= 0.6 is 22.6 Å². The van der Waals surface area contributed by atoms with Crippen molar-refractivity contribution in [1.82, 2.24) is 14.8 Å². The van der Waals surface area contributed by atoms with E-state index in [1.54, 1.807) is 0 Å². The van der Waals surface area contributed by atoms with Crippen LogP contribution in [0, 0.1) is 3.57 Å². The van der Waals surface area contributed by atoms with Crippen LogP contribution in [0.5, 0.6) is 0 Å². The predicted molar refractivity (Wildman–Crippen MR) is 131 cm³/mol. The third kappa shape index (κ3) is 5.51. The van der Waals surface area contributed by atoms with Crippen molar-refractivity contribution in [3.63, 3.8) is 0 Å². The van der Waals surface area contributed by atoms with E-state index in [1.165, 1.54) is 3.57 Å². The molecule has 29 heavy (non-hydrogen) atoms. The lowest BCUT2D eigenvalue weighted by Gasteiger charge is -2.34. The van der Waals surface area contributed by atoms with Gasteiger partial charge in [-0.05, 0) is 41.6 Å². The van der Waals surface area contributed by atoms with Gasteiger partial charge in [-0.2, -0.15) is 5.10 Å². The molecule has 0 aromatic carbocycles. The maximum absolute atomic E-state index is 6.04. The first kappa shape index (κ1) is 23.0. The summed E-state index contributed by atoms with van der Waals surface area (Å²) in [5.41, 5.74) is 1.94. The largest absolute Gasteiger partial charge is 0.377 e. The van der Waals surface area contributed by atoms with Crippen molar-refractivity contribution in [2.24, 2.45) is 0 Å². The number of pyridine rings is 1. The molecule has 1 saturated heterocycles. The molecule has 2 aromatic heterocycles. The number of aromatic nitrogens is 3. The first-order chi connectivity index (χ1) is 13.5. The minimum Gasteiger partial charge on any atom is -0.377 e. The van der Waals surface area contributed by atoms with E-state index in [1.807, 2.05) is 4.68 Å². The molecule has 0 N–H and O–H groups in total. The van der Waals surface area contributed by atoms with Gasteiger partial charge in [-0.1, -0.05) is 40.4 Å². The van der Waals surface area contributed by atoms with Crippen LogP contribution in [0.25, 0.3) is 11.0 Å². The standard InChI is InChI=1S/C21H35IN4O2Si/c1-15-13-27-9-8-25(15)17-12-16(22)18-19(21(2,3)4)24-26(20(18)23-17)14-28-10-11-29(5,6)7/h12,15H,8-11,13-14H2,1-7H3/t15-/m1/s1. The highest BCUT2D eigenvalue weighted by Gasteiger charge is 2.28. The average molecular weight is 531 g/mol. The van der Waals surface area contributed by atoms with Gasteiger partial charge in [-0.3, -0.25) is 0 Å². The van der Waals surface area contributed by atoms with Gasteiger partial charge in [0.25, 0.3) is 0 Å². The van der Waals surface area contributed by atoms with Gasteiger partial charge in [0.1, 0.15) is 12.5 Å². The number of ether oxygens (including phenoxy) is 2. The van der Waals surface area contributed by atoms with Gasteiger partial charge in [0.05, 0.1) is 30.3 Å². The van der Waals surface area contributed by atoms with Gasteiger partial charge in [-0.15, -0.1) is 0 Å². The van der Waals surface area contributed by atoms with E-state index in [4.69, 9.17) is 19.6 Å². The quantitative estimate of drug-likeness (QED) is 0.303. The van der Waals surface area contributed by atoms with E-state index < -0.39 is 8.07 Å². The highest BCUT2D eigenvalue weighted by Crippen LogP contribution is 2.34. The van der Waals surface area contributed by atoms with Crippen LogP contribution in [-0.4, -0.2) is 55.2 Å². The van der Waals surface area contributed by atoms with Crippen LogP contribution in [0.15, 0.2) is 6.07 Å². The minimum absolute atomic E-state index is 0.0583. The Hall–Kier alpha value is -0.713. The fourth-order valence-electron chi connectivity index (χ4n) is 3.47. The van der Waals surface area contributed by atoms with E-state index in [0.717, 1.165) is 55.0 Å². The first-order valence-electron chi connectivity index (χ1n) is 10.5. The van der Waals surface area contributed by atoms with Gasteiger partial charge in [-0.25, -0.2) is 9.67 Å². The van der Waals surface area contributed by atoms with Crippen molar-refractivity contribution in [2.75, 3.05) is 31.3 Å². The molecule has 6 nitrogen and oxygen atoms in total. The van der Waals surface area contributed by atoms with Crippen molar-refractivity contribution < 1.29 is 9.47 Å². The van der Waals surface area contributed by atoms with Crippen LogP contribution in [0.3, 0.4) is 0 Å². The van der Waals surface area contributed by atoms with Crippen molar-refractivity contribution in [3.05, 3.63) is 15.3 Å². The summed E-state index contributed by atoms with van der Waals surface area (Å²) in [6, 6.07) is 3.66. The predicted octanol–water partition coefficient (Wildman–Crippen LogP) is 4.87. The lowest BCUT2D eigenvalue weighted by Crippen LogP contribution is -2.44. The Labute approximate surface area is 189 Å². The molecule has 0 bridgehead atoms. The molecule has 1 fully saturated rings. The molecular formula is C21H35IN4O2Si. The van der Waals surface area contributed by atoms with E-state index in [2.05, 4.69) is 80.9 Å². The summed E-state index contributed by atoms with van der Waals surface area (Å²) in [5, 5.41) is 6.10. The zero-order valence-electron chi connectivity index (χ0n) is 18.9. The molecule has 1 atom stereocenters. The van der Waals surface area contributed by atoms with Crippen LogP contribution in [0.2, 0.25) is 25.7 Å². The molecule has 162 valence electrons. The maximum Gasteiger partial charge on any atom is 0.163 e. The van der Waals surface area contributed by atoms with Gasteiger partial charge in [0, 0.05) is 30.2 Å². The number of hydrogen-bond acceptors (Lipinski definition) is 5. The Kier molecular flexibility index (Phi) is 6.97. The number of halogens is 1. The second kappa shape index (κ2) is 8.80. The molecule has 0 unspecified atom stereocenters. The number of morpholine rings is 1. The molecular weight excluding hydrogens is 495 g/mol. The molecule has 0 radical (unpaired) electrons. The molecule has 0 aliphatic carbocycles. The summed E-state index contributed by atoms with van der Waals surface area (Å²) in [5.74, 6) is 1.00. The number of fused-ring (bicyclic) bond motifs is 1.